The third kappa shape index (κ3) is 4.55. The van der Waals surface area contributed by atoms with Gasteiger partial charge in [-0.25, -0.2) is 4.39 Å². The lowest BCUT2D eigenvalue weighted by molar-refractivity contribution is -0.153. The molecule has 0 saturated heterocycles. The number of hydrogen-bond donors (Lipinski definition) is 2. The van der Waals surface area contributed by atoms with Gasteiger partial charge in [-0.3, -0.25) is 9.78 Å². The number of H-pyrrole nitrogens is 1. The first-order valence-corrected chi connectivity index (χ1v) is 7.96. The van der Waals surface area contributed by atoms with Crippen LogP contribution in [0.4, 0.5) is 17.6 Å². The largest absolute Gasteiger partial charge is 0.483 e. The fraction of sp³-hybridized carbons (Fsp3) is 0.222. The summed E-state index contributed by atoms with van der Waals surface area (Å²) in [6.45, 7) is 0.261. The summed E-state index contributed by atoms with van der Waals surface area (Å²) in [4.78, 5) is 19.1. The Morgan fingerprint density at radius 3 is 2.70 bits per heavy atom. The minimum atomic E-state index is -4.43. The summed E-state index contributed by atoms with van der Waals surface area (Å²) in [6, 6.07) is 8.32. The Morgan fingerprint density at radius 2 is 2.07 bits per heavy atom. The Bertz CT molecular complexity index is 951. The maximum Gasteiger partial charge on any atom is 0.422 e. The molecule has 27 heavy (non-hydrogen) atoms. The van der Waals surface area contributed by atoms with E-state index in [1.165, 1.54) is 24.3 Å². The first-order chi connectivity index (χ1) is 12.7. The van der Waals surface area contributed by atoms with E-state index in [2.05, 4.69) is 20.0 Å². The van der Waals surface area contributed by atoms with Gasteiger partial charge in [0.05, 0.1) is 23.4 Å². The van der Waals surface area contributed by atoms with E-state index in [4.69, 9.17) is 0 Å². The van der Waals surface area contributed by atoms with Crippen LogP contribution in [-0.2, 0) is 0 Å². The molecule has 2 aromatic heterocycles. The molecule has 0 saturated carbocycles. The molecule has 0 radical (unpaired) electrons. The number of nitrogens with one attached hydrogen (secondary N) is 2. The van der Waals surface area contributed by atoms with Crippen LogP contribution in [0.1, 0.15) is 29.1 Å². The molecule has 0 spiro atoms. The van der Waals surface area contributed by atoms with Crippen LogP contribution in [0.15, 0.2) is 42.6 Å². The molecule has 2 heterocycles. The molecule has 3 rings (SSSR count). The monoisotopic (exact) mass is 381 g/mol. The van der Waals surface area contributed by atoms with Gasteiger partial charge in [-0.2, -0.15) is 13.2 Å². The number of carbonyl (C=O) groups excluding carboxylic acids is 1. The van der Waals surface area contributed by atoms with Crippen LogP contribution >= 0.6 is 0 Å². The van der Waals surface area contributed by atoms with E-state index in [0.29, 0.717) is 11.1 Å². The molecule has 2 N–H and O–H groups in total. The number of benzene rings is 1. The minimum absolute atomic E-state index is 0.0271. The quantitative estimate of drug-likeness (QED) is 0.653. The van der Waals surface area contributed by atoms with E-state index in [1.54, 1.807) is 19.1 Å². The predicted octanol–water partition coefficient (Wildman–Crippen LogP) is 4.13. The number of nitrogens with zero attached hydrogens (tertiary/aromatic N) is 1. The number of hydrogen-bond acceptors (Lipinski definition) is 3. The summed E-state index contributed by atoms with van der Waals surface area (Å²) in [5, 5.41) is 3.26. The van der Waals surface area contributed by atoms with Gasteiger partial charge < -0.3 is 15.0 Å². The van der Waals surface area contributed by atoms with Crippen molar-refractivity contribution in [2.75, 3.05) is 6.61 Å². The second-order valence-electron chi connectivity index (χ2n) is 5.90. The lowest BCUT2D eigenvalue weighted by atomic mass is 10.2. The van der Waals surface area contributed by atoms with Crippen LogP contribution in [0, 0.1) is 5.82 Å². The Morgan fingerprint density at radius 1 is 1.30 bits per heavy atom. The maximum absolute atomic E-state index is 13.7. The molecule has 0 aliphatic heterocycles. The number of halogens is 4. The van der Waals surface area contributed by atoms with Gasteiger partial charge in [-0.1, -0.05) is 12.1 Å². The molecule has 0 bridgehead atoms. The van der Waals surface area contributed by atoms with Gasteiger partial charge >= 0.3 is 6.18 Å². The van der Waals surface area contributed by atoms with E-state index >= 15 is 0 Å². The molecule has 1 atom stereocenters. The standard InChI is InChI=1S/C18H15F4N3O2/c1-10(14-6-5-12(8-23-14)27-9-18(20,21)22)24-17(26)15-7-11-3-2-4-13(19)16(11)25-15/h2-8,10,25H,9H2,1H3,(H,24,26)/t10-/m1/s1. The van der Waals surface area contributed by atoms with Gasteiger partial charge in [0, 0.05) is 5.39 Å². The summed E-state index contributed by atoms with van der Waals surface area (Å²) < 4.78 is 54.7. The highest BCUT2D eigenvalue weighted by Crippen LogP contribution is 2.21. The normalized spacial score (nSPS) is 12.8. The van der Waals surface area contributed by atoms with Crippen molar-refractivity contribution in [2.45, 2.75) is 19.1 Å². The molecule has 0 fully saturated rings. The highest BCUT2D eigenvalue weighted by atomic mass is 19.4. The smallest absolute Gasteiger partial charge is 0.422 e. The fourth-order valence-corrected chi connectivity index (χ4v) is 2.49. The highest BCUT2D eigenvalue weighted by Gasteiger charge is 2.28. The summed E-state index contributed by atoms with van der Waals surface area (Å²) in [6.07, 6.45) is -3.28. The summed E-state index contributed by atoms with van der Waals surface area (Å²) in [5.74, 6) is -0.950. The maximum atomic E-state index is 13.7. The number of ether oxygens (including phenoxy) is 1. The zero-order valence-electron chi connectivity index (χ0n) is 14.1. The number of aromatic nitrogens is 2. The first kappa shape index (κ1) is 18.7. The summed E-state index contributed by atoms with van der Waals surface area (Å²) in [5.41, 5.74) is 0.858. The average molecular weight is 381 g/mol. The molecule has 5 nitrogen and oxygen atoms in total. The van der Waals surface area contributed by atoms with E-state index in [9.17, 15) is 22.4 Å². The molecule has 142 valence electrons. The van der Waals surface area contributed by atoms with Gasteiger partial charge in [-0.15, -0.1) is 0 Å². The number of aromatic amines is 1. The van der Waals surface area contributed by atoms with Crippen molar-refractivity contribution in [3.8, 4) is 5.75 Å². The number of carbonyl (C=O) groups is 1. The number of amides is 1. The van der Waals surface area contributed by atoms with Crippen LogP contribution < -0.4 is 10.1 Å². The second-order valence-corrected chi connectivity index (χ2v) is 5.90. The lowest BCUT2D eigenvalue weighted by Crippen LogP contribution is -2.27. The van der Waals surface area contributed by atoms with Crippen molar-refractivity contribution in [1.82, 2.24) is 15.3 Å². The van der Waals surface area contributed by atoms with Gasteiger partial charge in [-0.05, 0) is 31.2 Å². The van der Waals surface area contributed by atoms with Crippen LogP contribution in [0.25, 0.3) is 10.9 Å². The number of pyridine rings is 1. The third-order valence-electron chi connectivity index (χ3n) is 3.80. The average Bonchev–Trinajstić information content (AvgIpc) is 3.05. The van der Waals surface area contributed by atoms with E-state index in [-0.39, 0.29) is 17.0 Å². The van der Waals surface area contributed by atoms with Crippen LogP contribution in [0.5, 0.6) is 5.75 Å². The van der Waals surface area contributed by atoms with Gasteiger partial charge in [0.2, 0.25) is 0 Å². The SMILES string of the molecule is C[C@@H](NC(=O)c1cc2cccc(F)c2[nH]1)c1ccc(OCC(F)(F)F)cn1. The summed E-state index contributed by atoms with van der Waals surface area (Å²) in [7, 11) is 0. The highest BCUT2D eigenvalue weighted by molar-refractivity contribution is 5.98. The molecular weight excluding hydrogens is 366 g/mol. The van der Waals surface area contributed by atoms with E-state index in [1.807, 2.05) is 0 Å². The van der Waals surface area contributed by atoms with Crippen molar-refractivity contribution in [1.29, 1.82) is 0 Å². The Balaban J connectivity index is 1.66. The zero-order chi connectivity index (χ0) is 19.6. The number of para-hydroxylation sites is 1. The number of rotatable bonds is 5. The molecule has 0 aliphatic rings. The fourth-order valence-electron chi connectivity index (χ4n) is 2.49. The number of fused-ring (bicyclic) bond motifs is 1. The topological polar surface area (TPSA) is 67.0 Å². The van der Waals surface area contributed by atoms with Crippen LogP contribution in [0.2, 0.25) is 0 Å². The third-order valence-corrected chi connectivity index (χ3v) is 3.80. The zero-order valence-corrected chi connectivity index (χ0v) is 14.1. The molecular formula is C18H15F4N3O2. The second kappa shape index (κ2) is 7.26. The van der Waals surface area contributed by atoms with E-state index < -0.39 is 30.5 Å². The van der Waals surface area contributed by atoms with Crippen molar-refractivity contribution in [3.05, 3.63) is 59.8 Å². The van der Waals surface area contributed by atoms with Crippen LogP contribution in [-0.4, -0.2) is 28.7 Å². The van der Waals surface area contributed by atoms with Crippen molar-refractivity contribution >= 4 is 16.8 Å². The van der Waals surface area contributed by atoms with Crippen LogP contribution in [0.3, 0.4) is 0 Å². The Kier molecular flexibility index (Phi) is 5.02. The molecule has 0 unspecified atom stereocenters. The Hall–Kier alpha value is -3.10. The van der Waals surface area contributed by atoms with Gasteiger partial charge in [0.25, 0.3) is 5.91 Å². The lowest BCUT2D eigenvalue weighted by Gasteiger charge is -2.14. The van der Waals surface area contributed by atoms with Crippen molar-refractivity contribution in [2.24, 2.45) is 0 Å². The van der Waals surface area contributed by atoms with E-state index in [0.717, 1.165) is 6.20 Å². The molecule has 0 aliphatic carbocycles. The van der Waals surface area contributed by atoms with Crippen molar-refractivity contribution < 1.29 is 27.1 Å². The Labute approximate surface area is 151 Å². The summed E-state index contributed by atoms with van der Waals surface area (Å²) >= 11 is 0. The molecule has 3 aromatic rings. The first-order valence-electron chi connectivity index (χ1n) is 7.96. The van der Waals surface area contributed by atoms with Gasteiger partial charge in [0.15, 0.2) is 6.61 Å². The predicted molar refractivity (Wildman–Crippen MR) is 89.9 cm³/mol. The molecule has 1 aromatic carbocycles. The molecule has 1 amide bonds. The van der Waals surface area contributed by atoms with Crippen molar-refractivity contribution in [3.63, 3.8) is 0 Å². The minimum Gasteiger partial charge on any atom is -0.483 e. The molecule has 9 heteroatoms. The number of alkyl halides is 3. The van der Waals surface area contributed by atoms with Gasteiger partial charge in [0.1, 0.15) is 17.3 Å².